The molecule has 0 amide bonds. The molecule has 1 heterocycles. The average molecular weight is 409 g/mol. The second kappa shape index (κ2) is 7.80. The SMILES string of the molecule is Cc1cc(C)c(-c2[nH]c3c(C(F)(F)F)ccc(Cl)c3c2CCCCN)c(C)c1. The third-order valence-corrected chi connectivity index (χ3v) is 5.44. The summed E-state index contributed by atoms with van der Waals surface area (Å²) in [6, 6.07) is 6.47. The fourth-order valence-electron chi connectivity index (χ4n) is 4.05. The van der Waals surface area contributed by atoms with Crippen molar-refractivity contribution in [3.63, 3.8) is 0 Å². The van der Waals surface area contributed by atoms with E-state index in [1.807, 2.05) is 32.9 Å². The Kier molecular flexibility index (Phi) is 5.78. The van der Waals surface area contributed by atoms with Gasteiger partial charge in [0, 0.05) is 10.9 Å². The molecule has 0 unspecified atom stereocenters. The maximum atomic E-state index is 13.6. The lowest BCUT2D eigenvalue weighted by Crippen LogP contribution is -2.05. The lowest BCUT2D eigenvalue weighted by molar-refractivity contribution is -0.136. The smallest absolute Gasteiger partial charge is 0.354 e. The summed E-state index contributed by atoms with van der Waals surface area (Å²) in [5.41, 5.74) is 10.6. The Hall–Kier alpha value is -1.98. The lowest BCUT2D eigenvalue weighted by Gasteiger charge is -2.13. The molecule has 0 aliphatic carbocycles. The van der Waals surface area contributed by atoms with Crippen LogP contribution in [-0.4, -0.2) is 11.5 Å². The van der Waals surface area contributed by atoms with E-state index in [9.17, 15) is 13.2 Å². The topological polar surface area (TPSA) is 41.8 Å². The Balaban J connectivity index is 2.36. The highest BCUT2D eigenvalue weighted by atomic mass is 35.5. The van der Waals surface area contributed by atoms with Gasteiger partial charge < -0.3 is 10.7 Å². The number of fused-ring (bicyclic) bond motifs is 1. The summed E-state index contributed by atoms with van der Waals surface area (Å²) in [6.07, 6.45) is -2.27. The van der Waals surface area contributed by atoms with Crippen molar-refractivity contribution < 1.29 is 13.2 Å². The zero-order chi connectivity index (χ0) is 20.6. The molecule has 2 aromatic carbocycles. The van der Waals surface area contributed by atoms with Crippen LogP contribution in [0.25, 0.3) is 22.2 Å². The normalized spacial score (nSPS) is 12.1. The molecular weight excluding hydrogens is 385 g/mol. The summed E-state index contributed by atoms with van der Waals surface area (Å²) < 4.78 is 40.9. The van der Waals surface area contributed by atoms with Crippen molar-refractivity contribution in [2.75, 3.05) is 6.54 Å². The van der Waals surface area contributed by atoms with Gasteiger partial charge in [0.15, 0.2) is 0 Å². The zero-order valence-electron chi connectivity index (χ0n) is 16.2. The van der Waals surface area contributed by atoms with Crippen molar-refractivity contribution in [2.45, 2.75) is 46.2 Å². The largest absolute Gasteiger partial charge is 0.418 e. The van der Waals surface area contributed by atoms with E-state index in [1.54, 1.807) is 0 Å². The van der Waals surface area contributed by atoms with Crippen molar-refractivity contribution in [1.29, 1.82) is 0 Å². The first kappa shape index (κ1) is 20.7. The number of H-pyrrole nitrogens is 1. The predicted molar refractivity (Wildman–Crippen MR) is 110 cm³/mol. The standard InChI is InChI=1S/C22H24ClF3N2/c1-12-10-13(2)18(14(3)11-12)20-15(6-4-5-9-27)19-17(23)8-7-16(21(19)28-20)22(24,25)26/h7-8,10-11,28H,4-6,9,27H2,1-3H3. The van der Waals surface area contributed by atoms with Gasteiger partial charge in [-0.1, -0.05) is 29.3 Å². The summed E-state index contributed by atoms with van der Waals surface area (Å²) in [7, 11) is 0. The minimum atomic E-state index is -4.46. The molecule has 2 nitrogen and oxygen atoms in total. The molecule has 150 valence electrons. The molecule has 6 heteroatoms. The minimum absolute atomic E-state index is 0.0529. The van der Waals surface area contributed by atoms with Crippen molar-refractivity contribution in [1.82, 2.24) is 4.98 Å². The second-order valence-corrected chi connectivity index (χ2v) is 7.75. The van der Waals surface area contributed by atoms with Gasteiger partial charge in [-0.25, -0.2) is 0 Å². The van der Waals surface area contributed by atoms with Gasteiger partial charge in [0.2, 0.25) is 0 Å². The number of aryl methyl sites for hydroxylation is 4. The molecule has 0 fully saturated rings. The number of halogens is 4. The number of hydrogen-bond donors (Lipinski definition) is 2. The summed E-state index contributed by atoms with van der Waals surface area (Å²) in [5, 5.41) is 0.790. The molecule has 0 saturated carbocycles. The van der Waals surface area contributed by atoms with E-state index in [2.05, 4.69) is 4.98 Å². The minimum Gasteiger partial charge on any atom is -0.354 e. The number of nitrogens with one attached hydrogen (secondary N) is 1. The van der Waals surface area contributed by atoms with E-state index in [1.165, 1.54) is 6.07 Å². The maximum absolute atomic E-state index is 13.6. The Labute approximate surface area is 167 Å². The molecule has 0 aliphatic rings. The highest BCUT2D eigenvalue weighted by Gasteiger charge is 2.35. The molecule has 3 aromatic rings. The van der Waals surface area contributed by atoms with Crippen LogP contribution in [0.1, 0.15) is 40.7 Å². The van der Waals surface area contributed by atoms with Crippen LogP contribution in [0.5, 0.6) is 0 Å². The number of hydrogen-bond acceptors (Lipinski definition) is 1. The van der Waals surface area contributed by atoms with Gasteiger partial charge in [0.05, 0.1) is 21.8 Å². The Morgan fingerprint density at radius 1 is 1.04 bits per heavy atom. The highest BCUT2D eigenvalue weighted by molar-refractivity contribution is 6.36. The number of nitrogens with two attached hydrogens (primary N) is 1. The van der Waals surface area contributed by atoms with E-state index >= 15 is 0 Å². The molecule has 0 aliphatic heterocycles. The number of benzene rings is 2. The van der Waals surface area contributed by atoms with Gasteiger partial charge in [0.25, 0.3) is 0 Å². The summed E-state index contributed by atoms with van der Waals surface area (Å²) in [6.45, 7) is 6.52. The van der Waals surface area contributed by atoms with Gasteiger partial charge in [0.1, 0.15) is 0 Å². The van der Waals surface area contributed by atoms with Crippen LogP contribution >= 0.6 is 11.6 Å². The number of unbranched alkanes of at least 4 members (excludes halogenated alkanes) is 1. The summed E-state index contributed by atoms with van der Waals surface area (Å²) in [5.74, 6) is 0. The Morgan fingerprint density at radius 3 is 2.25 bits per heavy atom. The first-order chi connectivity index (χ1) is 13.1. The third-order valence-electron chi connectivity index (χ3n) is 5.12. The molecule has 0 bridgehead atoms. The van der Waals surface area contributed by atoms with Crippen molar-refractivity contribution in [3.05, 3.63) is 57.1 Å². The zero-order valence-corrected chi connectivity index (χ0v) is 17.0. The highest BCUT2D eigenvalue weighted by Crippen LogP contribution is 2.43. The fourth-order valence-corrected chi connectivity index (χ4v) is 4.32. The average Bonchev–Trinajstić information content (AvgIpc) is 2.93. The summed E-state index contributed by atoms with van der Waals surface area (Å²) >= 11 is 6.39. The number of rotatable bonds is 5. The monoisotopic (exact) mass is 408 g/mol. The van der Waals surface area contributed by atoms with Crippen LogP contribution in [0.15, 0.2) is 24.3 Å². The first-order valence-corrected chi connectivity index (χ1v) is 9.71. The van der Waals surface area contributed by atoms with Crippen LogP contribution in [-0.2, 0) is 12.6 Å². The third kappa shape index (κ3) is 3.78. The van der Waals surface area contributed by atoms with Gasteiger partial charge in [-0.3, -0.25) is 0 Å². The van der Waals surface area contributed by atoms with E-state index in [0.717, 1.165) is 52.4 Å². The van der Waals surface area contributed by atoms with Gasteiger partial charge in [-0.2, -0.15) is 13.2 Å². The molecule has 0 radical (unpaired) electrons. The number of alkyl halides is 3. The predicted octanol–water partition coefficient (Wildman–Crippen LogP) is 6.71. The quantitative estimate of drug-likeness (QED) is 0.452. The maximum Gasteiger partial charge on any atom is 0.418 e. The molecule has 3 N–H and O–H groups in total. The number of aromatic amines is 1. The van der Waals surface area contributed by atoms with Crippen LogP contribution in [0, 0.1) is 20.8 Å². The lowest BCUT2D eigenvalue weighted by atomic mass is 9.93. The van der Waals surface area contributed by atoms with E-state index < -0.39 is 11.7 Å². The van der Waals surface area contributed by atoms with E-state index in [4.69, 9.17) is 17.3 Å². The molecule has 0 spiro atoms. The van der Waals surface area contributed by atoms with Gasteiger partial charge in [-0.05, 0) is 75.4 Å². The Bertz CT molecular complexity index is 996. The van der Waals surface area contributed by atoms with Crippen molar-refractivity contribution in [2.24, 2.45) is 5.73 Å². The van der Waals surface area contributed by atoms with Crippen LogP contribution in [0.3, 0.4) is 0 Å². The summed E-state index contributed by atoms with van der Waals surface area (Å²) in [4.78, 5) is 3.09. The first-order valence-electron chi connectivity index (χ1n) is 9.33. The molecule has 28 heavy (non-hydrogen) atoms. The molecule has 1 aromatic heterocycles. The Morgan fingerprint density at radius 2 is 1.68 bits per heavy atom. The molecule has 3 rings (SSSR count). The van der Waals surface area contributed by atoms with Crippen molar-refractivity contribution in [3.8, 4) is 11.3 Å². The second-order valence-electron chi connectivity index (χ2n) is 7.34. The number of aromatic nitrogens is 1. The van der Waals surface area contributed by atoms with Gasteiger partial charge >= 0.3 is 6.18 Å². The van der Waals surface area contributed by atoms with Crippen LogP contribution in [0.2, 0.25) is 5.02 Å². The van der Waals surface area contributed by atoms with Gasteiger partial charge in [-0.15, -0.1) is 0 Å². The molecule has 0 saturated heterocycles. The van der Waals surface area contributed by atoms with Crippen molar-refractivity contribution >= 4 is 22.5 Å². The fraction of sp³-hybridized carbons (Fsp3) is 0.364. The van der Waals surface area contributed by atoms with Crippen LogP contribution < -0.4 is 5.73 Å². The van der Waals surface area contributed by atoms with E-state index in [0.29, 0.717) is 23.4 Å². The van der Waals surface area contributed by atoms with E-state index in [-0.39, 0.29) is 5.52 Å². The molecular formula is C22H24ClF3N2. The van der Waals surface area contributed by atoms with Crippen LogP contribution in [0.4, 0.5) is 13.2 Å². The molecule has 0 atom stereocenters.